The van der Waals surface area contributed by atoms with Gasteiger partial charge in [-0.05, 0) is 56.7 Å². The summed E-state index contributed by atoms with van der Waals surface area (Å²) in [6, 6.07) is 4.56. The fraction of sp³-hybridized carbons (Fsp3) is 0.500. The standard InChI is InChI=1S/C16H22/c1-5-6-7-8-9-10-16-14(3)11-13(2)12-15(16)4/h1,11-12H,6-10H2,2-4H3. The van der Waals surface area contributed by atoms with Gasteiger partial charge in [-0.15, -0.1) is 12.3 Å². The number of hydrogen-bond acceptors (Lipinski definition) is 0. The fourth-order valence-electron chi connectivity index (χ4n) is 2.31. The van der Waals surface area contributed by atoms with Gasteiger partial charge < -0.3 is 0 Å². The van der Waals surface area contributed by atoms with Gasteiger partial charge in [0, 0.05) is 6.42 Å². The lowest BCUT2D eigenvalue weighted by atomic mass is 9.95. The van der Waals surface area contributed by atoms with E-state index < -0.39 is 0 Å². The van der Waals surface area contributed by atoms with Crippen molar-refractivity contribution in [2.45, 2.75) is 52.9 Å². The Morgan fingerprint density at radius 3 is 2.19 bits per heavy atom. The molecule has 0 aromatic heterocycles. The number of benzene rings is 1. The zero-order valence-corrected chi connectivity index (χ0v) is 10.8. The third-order valence-electron chi connectivity index (χ3n) is 3.09. The molecule has 0 aliphatic rings. The molecule has 0 nitrogen and oxygen atoms in total. The topological polar surface area (TPSA) is 0 Å². The lowest BCUT2D eigenvalue weighted by Gasteiger charge is -2.10. The third kappa shape index (κ3) is 3.74. The van der Waals surface area contributed by atoms with Gasteiger partial charge in [0.05, 0.1) is 0 Å². The van der Waals surface area contributed by atoms with Crippen LogP contribution < -0.4 is 0 Å². The molecule has 0 saturated heterocycles. The van der Waals surface area contributed by atoms with Crippen molar-refractivity contribution in [2.24, 2.45) is 0 Å². The Kier molecular flexibility index (Phi) is 5.12. The van der Waals surface area contributed by atoms with Crippen LogP contribution in [-0.4, -0.2) is 0 Å². The minimum atomic E-state index is 0.922. The van der Waals surface area contributed by atoms with Crippen LogP contribution in [0.1, 0.15) is 47.9 Å². The van der Waals surface area contributed by atoms with E-state index in [-0.39, 0.29) is 0 Å². The highest BCUT2D eigenvalue weighted by atomic mass is 14.1. The summed E-state index contributed by atoms with van der Waals surface area (Å²) in [5.74, 6) is 2.70. The van der Waals surface area contributed by atoms with Crippen molar-refractivity contribution in [1.29, 1.82) is 0 Å². The van der Waals surface area contributed by atoms with E-state index in [1.54, 1.807) is 0 Å². The number of terminal acetylenes is 1. The molecule has 0 heteroatoms. The van der Waals surface area contributed by atoms with E-state index in [0.29, 0.717) is 0 Å². The molecule has 0 aliphatic heterocycles. The van der Waals surface area contributed by atoms with Crippen molar-refractivity contribution in [1.82, 2.24) is 0 Å². The van der Waals surface area contributed by atoms with Gasteiger partial charge in [0.15, 0.2) is 0 Å². The summed E-state index contributed by atoms with van der Waals surface area (Å²) >= 11 is 0. The quantitative estimate of drug-likeness (QED) is 0.505. The van der Waals surface area contributed by atoms with Crippen LogP contribution in [0.2, 0.25) is 0 Å². The van der Waals surface area contributed by atoms with Gasteiger partial charge in [-0.1, -0.05) is 24.1 Å². The number of aryl methyl sites for hydroxylation is 3. The Hall–Kier alpha value is -1.22. The zero-order valence-electron chi connectivity index (χ0n) is 10.8. The van der Waals surface area contributed by atoms with E-state index in [9.17, 15) is 0 Å². The average molecular weight is 214 g/mol. The van der Waals surface area contributed by atoms with Crippen LogP contribution in [0.4, 0.5) is 0 Å². The molecule has 0 atom stereocenters. The number of rotatable bonds is 5. The zero-order chi connectivity index (χ0) is 12.0. The van der Waals surface area contributed by atoms with Crippen molar-refractivity contribution in [3.63, 3.8) is 0 Å². The van der Waals surface area contributed by atoms with E-state index in [0.717, 1.165) is 6.42 Å². The van der Waals surface area contributed by atoms with Crippen LogP contribution in [0.5, 0.6) is 0 Å². The number of hydrogen-bond donors (Lipinski definition) is 0. The maximum Gasteiger partial charge on any atom is 0.00860 e. The second-order valence-corrected chi connectivity index (χ2v) is 4.64. The lowest BCUT2D eigenvalue weighted by Crippen LogP contribution is -1.95. The van der Waals surface area contributed by atoms with Crippen LogP contribution in [0.3, 0.4) is 0 Å². The van der Waals surface area contributed by atoms with Gasteiger partial charge in [-0.25, -0.2) is 0 Å². The molecule has 1 aromatic rings. The van der Waals surface area contributed by atoms with E-state index in [1.807, 2.05) is 0 Å². The van der Waals surface area contributed by atoms with Gasteiger partial charge in [-0.2, -0.15) is 0 Å². The summed E-state index contributed by atoms with van der Waals surface area (Å²) in [5, 5.41) is 0. The predicted molar refractivity (Wildman–Crippen MR) is 71.7 cm³/mol. The maximum absolute atomic E-state index is 5.24. The highest BCUT2D eigenvalue weighted by Gasteiger charge is 2.03. The first-order valence-corrected chi connectivity index (χ1v) is 6.15. The minimum Gasteiger partial charge on any atom is -0.120 e. The number of unbranched alkanes of at least 4 members (excludes halogenated alkanes) is 3. The van der Waals surface area contributed by atoms with Crippen LogP contribution in [-0.2, 0) is 6.42 Å². The molecule has 0 heterocycles. The summed E-state index contributed by atoms with van der Waals surface area (Å²) in [6.07, 6.45) is 11.0. The summed E-state index contributed by atoms with van der Waals surface area (Å²) in [5.41, 5.74) is 5.78. The van der Waals surface area contributed by atoms with Crippen molar-refractivity contribution >= 4 is 0 Å². The molecule has 0 N–H and O–H groups in total. The third-order valence-corrected chi connectivity index (χ3v) is 3.09. The predicted octanol–water partition coefficient (Wildman–Crippen LogP) is 4.35. The van der Waals surface area contributed by atoms with Crippen molar-refractivity contribution < 1.29 is 0 Å². The van der Waals surface area contributed by atoms with Crippen LogP contribution in [0, 0.1) is 33.1 Å². The molecular weight excluding hydrogens is 192 g/mol. The largest absolute Gasteiger partial charge is 0.120 e. The Bertz CT molecular complexity index is 357. The molecule has 0 radical (unpaired) electrons. The van der Waals surface area contributed by atoms with E-state index in [4.69, 9.17) is 6.42 Å². The molecule has 0 aliphatic carbocycles. The van der Waals surface area contributed by atoms with Crippen LogP contribution in [0.25, 0.3) is 0 Å². The molecular formula is C16H22. The Balaban J connectivity index is 2.51. The first-order valence-electron chi connectivity index (χ1n) is 6.15. The van der Waals surface area contributed by atoms with Crippen molar-refractivity contribution in [3.8, 4) is 12.3 Å². The highest BCUT2D eigenvalue weighted by Crippen LogP contribution is 2.19. The van der Waals surface area contributed by atoms with Gasteiger partial charge in [-0.3, -0.25) is 0 Å². The van der Waals surface area contributed by atoms with E-state index in [1.165, 1.54) is 47.9 Å². The molecule has 0 spiro atoms. The van der Waals surface area contributed by atoms with Gasteiger partial charge >= 0.3 is 0 Å². The van der Waals surface area contributed by atoms with Crippen LogP contribution in [0.15, 0.2) is 12.1 Å². The van der Waals surface area contributed by atoms with E-state index in [2.05, 4.69) is 38.8 Å². The average Bonchev–Trinajstić information content (AvgIpc) is 2.20. The van der Waals surface area contributed by atoms with E-state index >= 15 is 0 Å². The smallest absolute Gasteiger partial charge is 0.00860 e. The Labute approximate surface area is 100 Å². The molecule has 0 saturated carbocycles. The molecule has 1 rings (SSSR count). The summed E-state index contributed by atoms with van der Waals surface area (Å²) in [4.78, 5) is 0. The minimum absolute atomic E-state index is 0.922. The molecule has 0 fully saturated rings. The first kappa shape index (κ1) is 12.8. The van der Waals surface area contributed by atoms with Crippen molar-refractivity contribution in [3.05, 3.63) is 34.4 Å². The van der Waals surface area contributed by atoms with Crippen LogP contribution >= 0.6 is 0 Å². The normalized spacial score (nSPS) is 10.1. The fourth-order valence-corrected chi connectivity index (χ4v) is 2.31. The SMILES string of the molecule is C#CCCCCCc1c(C)cc(C)cc1C. The monoisotopic (exact) mass is 214 g/mol. The highest BCUT2D eigenvalue weighted by molar-refractivity contribution is 5.37. The van der Waals surface area contributed by atoms with Gasteiger partial charge in [0.2, 0.25) is 0 Å². The summed E-state index contributed by atoms with van der Waals surface area (Å²) < 4.78 is 0. The second kappa shape index (κ2) is 6.38. The first-order chi connectivity index (χ1) is 7.65. The maximum atomic E-state index is 5.24. The van der Waals surface area contributed by atoms with Gasteiger partial charge in [0.25, 0.3) is 0 Å². The molecule has 16 heavy (non-hydrogen) atoms. The molecule has 1 aromatic carbocycles. The summed E-state index contributed by atoms with van der Waals surface area (Å²) in [6.45, 7) is 6.60. The second-order valence-electron chi connectivity index (χ2n) is 4.64. The Morgan fingerprint density at radius 2 is 1.62 bits per heavy atom. The molecule has 0 amide bonds. The summed E-state index contributed by atoms with van der Waals surface area (Å²) in [7, 11) is 0. The lowest BCUT2D eigenvalue weighted by molar-refractivity contribution is 0.689. The molecule has 0 bridgehead atoms. The van der Waals surface area contributed by atoms with Gasteiger partial charge in [0.1, 0.15) is 0 Å². The molecule has 0 unspecified atom stereocenters. The van der Waals surface area contributed by atoms with Crippen molar-refractivity contribution in [2.75, 3.05) is 0 Å². The molecule has 86 valence electrons. The Morgan fingerprint density at radius 1 is 1.00 bits per heavy atom.